The first kappa shape index (κ1) is 12.5. The van der Waals surface area contributed by atoms with Crippen molar-refractivity contribution in [3.63, 3.8) is 0 Å². The van der Waals surface area contributed by atoms with E-state index in [2.05, 4.69) is 20.9 Å². The van der Waals surface area contributed by atoms with E-state index >= 15 is 0 Å². The second kappa shape index (κ2) is 5.57. The molecule has 0 unspecified atom stereocenters. The molecule has 0 atom stereocenters. The number of aromatic nitrogens is 2. The van der Waals surface area contributed by atoms with Gasteiger partial charge in [-0.1, -0.05) is 0 Å². The van der Waals surface area contributed by atoms with Crippen molar-refractivity contribution in [1.82, 2.24) is 9.55 Å². The average molecular weight is 315 g/mol. The van der Waals surface area contributed by atoms with Gasteiger partial charge in [0.15, 0.2) is 0 Å². The summed E-state index contributed by atoms with van der Waals surface area (Å²) in [6.07, 6.45) is 3.78. The predicted molar refractivity (Wildman–Crippen MR) is 70.4 cm³/mol. The van der Waals surface area contributed by atoms with Crippen molar-refractivity contribution in [2.75, 3.05) is 6.61 Å². The quantitative estimate of drug-likeness (QED) is 0.933. The van der Waals surface area contributed by atoms with Gasteiger partial charge >= 0.3 is 5.69 Å². The Labute approximate surface area is 111 Å². The number of aliphatic hydroxyl groups excluding tert-OH is 1. The van der Waals surface area contributed by atoms with Crippen LogP contribution in [0.15, 0.2) is 33.1 Å². The lowest BCUT2D eigenvalue weighted by Gasteiger charge is -2.05. The van der Waals surface area contributed by atoms with Gasteiger partial charge < -0.3 is 5.11 Å². The maximum absolute atomic E-state index is 11.6. The Morgan fingerprint density at radius 2 is 2.29 bits per heavy atom. The highest BCUT2D eigenvalue weighted by Crippen LogP contribution is 2.22. The fourth-order valence-electron chi connectivity index (χ4n) is 1.48. The molecule has 0 aliphatic rings. The van der Waals surface area contributed by atoms with Gasteiger partial charge in [0.25, 0.3) is 0 Å². The average Bonchev–Trinajstić information content (AvgIpc) is 2.69. The van der Waals surface area contributed by atoms with Crippen LogP contribution in [0.4, 0.5) is 0 Å². The molecule has 2 aromatic rings. The molecule has 0 fully saturated rings. The molecule has 4 nitrogen and oxygen atoms in total. The van der Waals surface area contributed by atoms with Crippen LogP contribution in [-0.4, -0.2) is 21.3 Å². The fraction of sp³-hybridized carbons (Fsp3) is 0.273. The van der Waals surface area contributed by atoms with Crippen LogP contribution in [0.2, 0.25) is 0 Å². The molecule has 0 bridgehead atoms. The summed E-state index contributed by atoms with van der Waals surface area (Å²) in [6.45, 7) is 0.575. The van der Waals surface area contributed by atoms with Crippen LogP contribution in [0.5, 0.6) is 0 Å². The number of aliphatic hydroxyl groups is 1. The summed E-state index contributed by atoms with van der Waals surface area (Å²) in [5, 5.41) is 8.85. The Bertz CT molecular complexity index is 565. The molecule has 90 valence electrons. The van der Waals surface area contributed by atoms with Crippen molar-refractivity contribution in [2.24, 2.45) is 0 Å². The summed E-state index contributed by atoms with van der Waals surface area (Å²) >= 11 is 4.98. The van der Waals surface area contributed by atoms with Gasteiger partial charge in [-0.2, -0.15) is 0 Å². The lowest BCUT2D eigenvalue weighted by atomic mass is 10.2. The maximum Gasteiger partial charge on any atom is 0.347 e. The van der Waals surface area contributed by atoms with Crippen molar-refractivity contribution in [2.45, 2.75) is 13.0 Å². The monoisotopic (exact) mass is 314 g/mol. The van der Waals surface area contributed by atoms with E-state index in [-0.39, 0.29) is 12.3 Å². The van der Waals surface area contributed by atoms with Crippen LogP contribution in [-0.2, 0) is 13.0 Å². The molecule has 2 heterocycles. The molecule has 0 aliphatic heterocycles. The van der Waals surface area contributed by atoms with Crippen molar-refractivity contribution in [3.8, 4) is 0 Å². The summed E-state index contributed by atoms with van der Waals surface area (Å²) in [5.41, 5.74) is 0.596. The SMILES string of the molecule is O=c1ncc(CCO)cn1Cc1ccc(Br)s1. The second-order valence-corrected chi connectivity index (χ2v) is 6.10. The largest absolute Gasteiger partial charge is 0.396 e. The number of nitrogens with zero attached hydrogens (tertiary/aromatic N) is 2. The van der Waals surface area contributed by atoms with Gasteiger partial charge in [-0.15, -0.1) is 11.3 Å². The van der Waals surface area contributed by atoms with E-state index < -0.39 is 0 Å². The molecular weight excluding hydrogens is 304 g/mol. The van der Waals surface area contributed by atoms with Crippen LogP contribution in [0.3, 0.4) is 0 Å². The standard InChI is InChI=1S/C11H11BrN2O2S/c12-10-2-1-9(17-10)7-14-6-8(3-4-15)5-13-11(14)16/h1-2,5-6,15H,3-4,7H2. The molecule has 0 spiro atoms. The highest BCUT2D eigenvalue weighted by molar-refractivity contribution is 9.11. The van der Waals surface area contributed by atoms with Crippen LogP contribution in [0.1, 0.15) is 10.4 Å². The van der Waals surface area contributed by atoms with Gasteiger partial charge in [0.1, 0.15) is 0 Å². The first-order valence-electron chi connectivity index (χ1n) is 5.09. The van der Waals surface area contributed by atoms with Gasteiger partial charge in [0.05, 0.1) is 10.3 Å². The molecule has 6 heteroatoms. The summed E-state index contributed by atoms with van der Waals surface area (Å²) in [4.78, 5) is 16.4. The van der Waals surface area contributed by atoms with E-state index in [0.717, 1.165) is 14.2 Å². The smallest absolute Gasteiger partial charge is 0.347 e. The minimum absolute atomic E-state index is 0.0600. The molecule has 0 radical (unpaired) electrons. The zero-order valence-corrected chi connectivity index (χ0v) is 11.4. The molecule has 0 aromatic carbocycles. The third-order valence-electron chi connectivity index (χ3n) is 2.26. The van der Waals surface area contributed by atoms with Crippen LogP contribution < -0.4 is 5.69 Å². The fourth-order valence-corrected chi connectivity index (χ4v) is 2.96. The molecule has 0 aliphatic carbocycles. The molecule has 2 aromatic heterocycles. The molecule has 1 N–H and O–H groups in total. The molecule has 0 amide bonds. The number of hydrogen-bond donors (Lipinski definition) is 1. The summed E-state index contributed by atoms with van der Waals surface area (Å²) in [5.74, 6) is 0. The Kier molecular flexibility index (Phi) is 4.09. The number of rotatable bonds is 4. The van der Waals surface area contributed by atoms with Gasteiger partial charge in [0, 0.05) is 23.9 Å². The Balaban J connectivity index is 2.25. The van der Waals surface area contributed by atoms with Crippen molar-refractivity contribution in [1.29, 1.82) is 0 Å². The predicted octanol–water partition coefficient (Wildman–Crippen LogP) is 1.65. The van der Waals surface area contributed by atoms with E-state index in [4.69, 9.17) is 5.11 Å². The van der Waals surface area contributed by atoms with E-state index in [1.807, 2.05) is 12.1 Å². The molecule has 0 saturated carbocycles. The maximum atomic E-state index is 11.6. The van der Waals surface area contributed by atoms with Crippen LogP contribution in [0.25, 0.3) is 0 Å². The molecule has 0 saturated heterocycles. The van der Waals surface area contributed by atoms with E-state index in [1.165, 1.54) is 6.20 Å². The Morgan fingerprint density at radius 1 is 1.47 bits per heavy atom. The third kappa shape index (κ3) is 3.24. The highest BCUT2D eigenvalue weighted by Gasteiger charge is 2.03. The number of thiophene rings is 1. The number of halogens is 1. The first-order chi connectivity index (χ1) is 8.19. The van der Waals surface area contributed by atoms with Gasteiger partial charge in [-0.3, -0.25) is 4.57 Å². The second-order valence-electron chi connectivity index (χ2n) is 3.55. The van der Waals surface area contributed by atoms with Gasteiger partial charge in [0.2, 0.25) is 0 Å². The lowest BCUT2D eigenvalue weighted by Crippen LogP contribution is -2.23. The molecule has 17 heavy (non-hydrogen) atoms. The van der Waals surface area contributed by atoms with Crippen LogP contribution in [0, 0.1) is 0 Å². The lowest BCUT2D eigenvalue weighted by molar-refractivity contribution is 0.299. The normalized spacial score (nSPS) is 10.7. The minimum atomic E-state index is -0.267. The van der Waals surface area contributed by atoms with E-state index in [1.54, 1.807) is 22.1 Å². The van der Waals surface area contributed by atoms with Crippen molar-refractivity contribution in [3.05, 3.63) is 49.2 Å². The van der Waals surface area contributed by atoms with Crippen molar-refractivity contribution >= 4 is 27.3 Å². The summed E-state index contributed by atoms with van der Waals surface area (Å²) in [6, 6.07) is 3.93. The molecular formula is C11H11BrN2O2S. The Morgan fingerprint density at radius 3 is 2.94 bits per heavy atom. The van der Waals surface area contributed by atoms with Gasteiger partial charge in [-0.05, 0) is 40.0 Å². The molecule has 2 rings (SSSR count). The van der Waals surface area contributed by atoms with Gasteiger partial charge in [-0.25, -0.2) is 9.78 Å². The zero-order valence-electron chi connectivity index (χ0n) is 8.97. The number of hydrogen-bond acceptors (Lipinski definition) is 4. The minimum Gasteiger partial charge on any atom is -0.396 e. The van der Waals surface area contributed by atoms with E-state index in [0.29, 0.717) is 13.0 Å². The highest BCUT2D eigenvalue weighted by atomic mass is 79.9. The summed E-state index contributed by atoms with van der Waals surface area (Å²) in [7, 11) is 0. The topological polar surface area (TPSA) is 55.1 Å². The van der Waals surface area contributed by atoms with E-state index in [9.17, 15) is 4.79 Å². The third-order valence-corrected chi connectivity index (χ3v) is 3.87. The first-order valence-corrected chi connectivity index (χ1v) is 6.70. The van der Waals surface area contributed by atoms with Crippen molar-refractivity contribution < 1.29 is 5.11 Å². The van der Waals surface area contributed by atoms with Crippen LogP contribution >= 0.6 is 27.3 Å². The summed E-state index contributed by atoms with van der Waals surface area (Å²) < 4.78 is 2.60. The Hall–Kier alpha value is -0.980. The zero-order chi connectivity index (χ0) is 12.3.